The van der Waals surface area contributed by atoms with E-state index in [0.29, 0.717) is 5.02 Å². The van der Waals surface area contributed by atoms with Crippen LogP contribution in [0.15, 0.2) is 42.5 Å². The fourth-order valence-corrected chi connectivity index (χ4v) is 2.02. The van der Waals surface area contributed by atoms with E-state index in [1.54, 1.807) is 0 Å². The van der Waals surface area contributed by atoms with Gasteiger partial charge < -0.3 is 0 Å². The minimum atomic E-state index is -0.591. The van der Waals surface area contributed by atoms with Crippen molar-refractivity contribution in [3.63, 3.8) is 0 Å². The number of benzene rings is 2. The van der Waals surface area contributed by atoms with Gasteiger partial charge in [-0.3, -0.25) is 20.4 Å². The highest BCUT2D eigenvalue weighted by Crippen LogP contribution is 2.20. The van der Waals surface area contributed by atoms with Gasteiger partial charge in [0.15, 0.2) is 0 Å². The van der Waals surface area contributed by atoms with Crippen LogP contribution in [0.1, 0.15) is 20.7 Å². The van der Waals surface area contributed by atoms with E-state index in [-0.39, 0.29) is 16.1 Å². The predicted octanol–water partition coefficient (Wildman–Crippen LogP) is 3.21. The fraction of sp³-hybridized carbons (Fsp3) is 0. The van der Waals surface area contributed by atoms with Gasteiger partial charge in [0, 0.05) is 10.6 Å². The average molecular weight is 327 g/mol. The van der Waals surface area contributed by atoms with Gasteiger partial charge in [-0.1, -0.05) is 23.2 Å². The van der Waals surface area contributed by atoms with Gasteiger partial charge >= 0.3 is 0 Å². The van der Waals surface area contributed by atoms with Crippen LogP contribution in [-0.4, -0.2) is 11.8 Å². The number of nitrogens with one attached hydrogen (secondary N) is 2. The quantitative estimate of drug-likeness (QED) is 0.832. The Kier molecular flexibility index (Phi) is 4.77. The molecule has 2 rings (SSSR count). The molecule has 2 aromatic rings. The topological polar surface area (TPSA) is 58.2 Å². The molecular weight excluding hydrogens is 318 g/mol. The summed E-state index contributed by atoms with van der Waals surface area (Å²) in [4.78, 5) is 23.6. The Balaban J connectivity index is 2.00. The molecule has 21 heavy (non-hydrogen) atoms. The van der Waals surface area contributed by atoms with E-state index in [0.717, 1.165) is 12.1 Å². The number of hydrogen-bond donors (Lipinski definition) is 2. The van der Waals surface area contributed by atoms with E-state index in [2.05, 4.69) is 10.9 Å². The highest BCUT2D eigenvalue weighted by molar-refractivity contribution is 6.36. The van der Waals surface area contributed by atoms with Crippen LogP contribution in [0.25, 0.3) is 0 Å². The van der Waals surface area contributed by atoms with Crippen LogP contribution in [0.4, 0.5) is 4.39 Å². The minimum absolute atomic E-state index is 0.163. The Hall–Kier alpha value is -2.11. The lowest BCUT2D eigenvalue weighted by atomic mass is 10.2. The van der Waals surface area contributed by atoms with Crippen LogP contribution in [0.2, 0.25) is 10.0 Å². The first-order chi connectivity index (χ1) is 9.97. The standard InChI is InChI=1S/C14H9Cl2FN2O2/c15-9-3-6-11(12(16)7-9)14(21)19-18-13(20)8-1-4-10(17)5-2-8/h1-7H,(H,18,20)(H,19,21). The molecule has 0 saturated carbocycles. The molecule has 0 aliphatic rings. The first-order valence-corrected chi connectivity index (χ1v) is 6.54. The number of carbonyl (C=O) groups is 2. The van der Waals surface area contributed by atoms with Crippen molar-refractivity contribution >= 4 is 35.0 Å². The maximum atomic E-state index is 12.7. The molecule has 2 N–H and O–H groups in total. The first-order valence-electron chi connectivity index (χ1n) is 5.78. The second kappa shape index (κ2) is 6.56. The van der Waals surface area contributed by atoms with Crippen molar-refractivity contribution in [2.75, 3.05) is 0 Å². The smallest absolute Gasteiger partial charge is 0.267 e. The Morgan fingerprint density at radius 2 is 1.52 bits per heavy atom. The summed E-state index contributed by atoms with van der Waals surface area (Å²) in [6, 6.07) is 9.24. The van der Waals surface area contributed by atoms with Crippen molar-refractivity contribution in [1.29, 1.82) is 0 Å². The average Bonchev–Trinajstić information content (AvgIpc) is 2.45. The summed E-state index contributed by atoms with van der Waals surface area (Å²) < 4.78 is 12.7. The summed E-state index contributed by atoms with van der Waals surface area (Å²) in [5, 5.41) is 0.558. The lowest BCUT2D eigenvalue weighted by molar-refractivity contribution is 0.0846. The van der Waals surface area contributed by atoms with E-state index in [9.17, 15) is 14.0 Å². The van der Waals surface area contributed by atoms with E-state index in [1.165, 1.54) is 30.3 Å². The van der Waals surface area contributed by atoms with Gasteiger partial charge in [-0.05, 0) is 42.5 Å². The lowest BCUT2D eigenvalue weighted by Gasteiger charge is -2.08. The number of hydrazine groups is 1. The van der Waals surface area contributed by atoms with E-state index < -0.39 is 17.6 Å². The Morgan fingerprint density at radius 1 is 0.905 bits per heavy atom. The molecule has 0 fully saturated rings. The molecule has 0 spiro atoms. The van der Waals surface area contributed by atoms with Gasteiger partial charge in [-0.2, -0.15) is 0 Å². The molecule has 0 unspecified atom stereocenters. The molecule has 0 aliphatic heterocycles. The predicted molar refractivity (Wildman–Crippen MR) is 77.8 cm³/mol. The van der Waals surface area contributed by atoms with Crippen molar-refractivity contribution in [2.45, 2.75) is 0 Å². The van der Waals surface area contributed by atoms with Gasteiger partial charge in [0.25, 0.3) is 11.8 Å². The molecule has 0 heterocycles. The van der Waals surface area contributed by atoms with Crippen molar-refractivity contribution in [1.82, 2.24) is 10.9 Å². The van der Waals surface area contributed by atoms with Crippen LogP contribution in [0.5, 0.6) is 0 Å². The van der Waals surface area contributed by atoms with Crippen LogP contribution in [0.3, 0.4) is 0 Å². The molecule has 0 radical (unpaired) electrons. The Bertz CT molecular complexity index is 690. The number of hydrogen-bond acceptors (Lipinski definition) is 2. The molecule has 0 atom stereocenters. The minimum Gasteiger partial charge on any atom is -0.267 e. The lowest BCUT2D eigenvalue weighted by Crippen LogP contribution is -2.41. The zero-order chi connectivity index (χ0) is 15.4. The molecule has 2 aromatic carbocycles. The maximum absolute atomic E-state index is 12.7. The summed E-state index contributed by atoms with van der Waals surface area (Å²) >= 11 is 11.6. The SMILES string of the molecule is O=C(NNC(=O)c1ccc(Cl)cc1Cl)c1ccc(F)cc1. The third kappa shape index (κ3) is 3.93. The van der Waals surface area contributed by atoms with Crippen LogP contribution < -0.4 is 10.9 Å². The second-order valence-corrected chi connectivity index (χ2v) is 4.88. The molecule has 2 amide bonds. The molecular formula is C14H9Cl2FN2O2. The molecule has 4 nitrogen and oxygen atoms in total. The van der Waals surface area contributed by atoms with Crippen molar-refractivity contribution in [2.24, 2.45) is 0 Å². The second-order valence-electron chi connectivity index (χ2n) is 4.04. The van der Waals surface area contributed by atoms with Gasteiger partial charge in [-0.15, -0.1) is 0 Å². The van der Waals surface area contributed by atoms with Crippen molar-refractivity contribution in [3.8, 4) is 0 Å². The summed E-state index contributed by atoms with van der Waals surface area (Å²) in [6.07, 6.45) is 0. The number of amides is 2. The van der Waals surface area contributed by atoms with Crippen LogP contribution >= 0.6 is 23.2 Å². The molecule has 7 heteroatoms. The Labute approximate surface area is 129 Å². The molecule has 0 saturated heterocycles. The van der Waals surface area contributed by atoms with Crippen molar-refractivity contribution in [3.05, 3.63) is 69.5 Å². The summed E-state index contributed by atoms with van der Waals surface area (Å²) in [5.41, 5.74) is 4.79. The zero-order valence-corrected chi connectivity index (χ0v) is 12.0. The van der Waals surface area contributed by atoms with E-state index in [1.807, 2.05) is 0 Å². The zero-order valence-electron chi connectivity index (χ0n) is 10.5. The van der Waals surface area contributed by atoms with Gasteiger partial charge in [0.1, 0.15) is 5.82 Å². The molecule has 0 aromatic heterocycles. The fourth-order valence-electron chi connectivity index (χ4n) is 1.53. The highest BCUT2D eigenvalue weighted by Gasteiger charge is 2.12. The first kappa shape index (κ1) is 15.3. The van der Waals surface area contributed by atoms with Gasteiger partial charge in [0.05, 0.1) is 10.6 Å². The van der Waals surface area contributed by atoms with Gasteiger partial charge in [-0.25, -0.2) is 4.39 Å². The molecule has 0 bridgehead atoms. The summed E-state index contributed by atoms with van der Waals surface area (Å²) in [5.74, 6) is -1.62. The monoisotopic (exact) mass is 326 g/mol. The third-order valence-electron chi connectivity index (χ3n) is 2.57. The number of carbonyl (C=O) groups excluding carboxylic acids is 2. The van der Waals surface area contributed by atoms with Crippen LogP contribution in [-0.2, 0) is 0 Å². The summed E-state index contributed by atoms with van der Waals surface area (Å²) in [7, 11) is 0. The number of rotatable bonds is 2. The Morgan fingerprint density at radius 3 is 2.14 bits per heavy atom. The maximum Gasteiger partial charge on any atom is 0.271 e. The van der Waals surface area contributed by atoms with E-state index >= 15 is 0 Å². The van der Waals surface area contributed by atoms with Gasteiger partial charge in [0.2, 0.25) is 0 Å². The molecule has 108 valence electrons. The largest absolute Gasteiger partial charge is 0.271 e. The van der Waals surface area contributed by atoms with Crippen molar-refractivity contribution < 1.29 is 14.0 Å². The normalized spacial score (nSPS) is 10.0. The highest BCUT2D eigenvalue weighted by atomic mass is 35.5. The van der Waals surface area contributed by atoms with E-state index in [4.69, 9.17) is 23.2 Å². The molecule has 0 aliphatic carbocycles. The number of halogens is 3. The summed E-state index contributed by atoms with van der Waals surface area (Å²) in [6.45, 7) is 0. The van der Waals surface area contributed by atoms with Crippen LogP contribution in [0, 0.1) is 5.82 Å². The third-order valence-corrected chi connectivity index (χ3v) is 3.12.